The molecule has 1 amide bonds. The second-order valence-corrected chi connectivity index (χ2v) is 9.05. The summed E-state index contributed by atoms with van der Waals surface area (Å²) < 4.78 is 59.1. The molecule has 0 saturated carbocycles. The molecule has 0 unspecified atom stereocenters. The average Bonchev–Trinajstić information content (AvgIpc) is 2.74. The van der Waals surface area contributed by atoms with Crippen LogP contribution in [0.1, 0.15) is 29.6 Å². The first-order chi connectivity index (χ1) is 14.8. The Kier molecular flexibility index (Phi) is 7.71. The number of carbonyl (C=O) groups is 1. The maximum atomic E-state index is 13.3. The molecule has 10 heteroatoms. The molecule has 0 bridgehead atoms. The van der Waals surface area contributed by atoms with Gasteiger partial charge in [0.2, 0.25) is 10.0 Å². The number of hydrogen-bond donors (Lipinski definition) is 3. The molecule has 0 spiro atoms. The van der Waals surface area contributed by atoms with Gasteiger partial charge in [0, 0.05) is 12.1 Å². The van der Waals surface area contributed by atoms with Crippen LogP contribution in [0.15, 0.2) is 53.4 Å². The normalized spacial score (nSPS) is 21.6. The van der Waals surface area contributed by atoms with Gasteiger partial charge in [0.15, 0.2) is 0 Å². The maximum Gasteiger partial charge on any atom is 0.251 e. The Balaban J connectivity index is 1.50. The molecule has 2 aromatic carbocycles. The summed E-state index contributed by atoms with van der Waals surface area (Å²) >= 11 is 0. The molecule has 1 aliphatic rings. The van der Waals surface area contributed by atoms with Crippen LogP contribution in [0.4, 0.5) is 8.78 Å². The maximum absolute atomic E-state index is 13.3. The van der Waals surface area contributed by atoms with Crippen LogP contribution in [0.3, 0.4) is 0 Å². The van der Waals surface area contributed by atoms with Crippen molar-refractivity contribution < 1.29 is 31.8 Å². The van der Waals surface area contributed by atoms with Crippen molar-refractivity contribution >= 4 is 15.9 Å². The smallest absolute Gasteiger partial charge is 0.251 e. The number of nitrogens with one attached hydrogen (secondary N) is 2. The third-order valence-corrected chi connectivity index (χ3v) is 6.56. The van der Waals surface area contributed by atoms with Crippen molar-refractivity contribution in [2.75, 3.05) is 13.2 Å². The van der Waals surface area contributed by atoms with Crippen LogP contribution in [-0.4, -0.2) is 50.8 Å². The van der Waals surface area contributed by atoms with Crippen LogP contribution < -0.4 is 10.0 Å². The van der Waals surface area contributed by atoms with Crippen molar-refractivity contribution in [2.24, 2.45) is 0 Å². The molecule has 2 aromatic rings. The largest absolute Gasteiger partial charge is 0.394 e. The fourth-order valence-electron chi connectivity index (χ4n) is 3.44. The van der Waals surface area contributed by atoms with Crippen LogP contribution in [0.2, 0.25) is 0 Å². The van der Waals surface area contributed by atoms with E-state index in [2.05, 4.69) is 10.0 Å². The van der Waals surface area contributed by atoms with E-state index in [1.165, 1.54) is 30.3 Å². The van der Waals surface area contributed by atoms with Gasteiger partial charge in [-0.1, -0.05) is 6.07 Å². The van der Waals surface area contributed by atoms with Gasteiger partial charge >= 0.3 is 0 Å². The molecule has 0 aromatic heterocycles. The zero-order valence-corrected chi connectivity index (χ0v) is 17.4. The highest BCUT2D eigenvalue weighted by atomic mass is 32.2. The number of amides is 1. The number of sulfonamides is 1. The molecule has 0 radical (unpaired) electrons. The highest BCUT2D eigenvalue weighted by Gasteiger charge is 2.32. The lowest BCUT2D eigenvalue weighted by Gasteiger charge is -2.36. The zero-order chi connectivity index (χ0) is 22.4. The van der Waals surface area contributed by atoms with E-state index in [0.717, 1.165) is 18.2 Å². The van der Waals surface area contributed by atoms with Gasteiger partial charge in [-0.2, -0.15) is 0 Å². The molecule has 1 saturated heterocycles. The molecular formula is C21H24F2N2O5S. The Morgan fingerprint density at radius 1 is 1.10 bits per heavy atom. The molecule has 0 aliphatic carbocycles. The van der Waals surface area contributed by atoms with Crippen molar-refractivity contribution in [1.82, 2.24) is 10.0 Å². The zero-order valence-electron chi connectivity index (χ0n) is 16.6. The van der Waals surface area contributed by atoms with E-state index in [1.807, 2.05) is 0 Å². The van der Waals surface area contributed by atoms with Gasteiger partial charge < -0.3 is 15.2 Å². The lowest BCUT2D eigenvalue weighted by atomic mass is 9.97. The molecule has 1 fully saturated rings. The number of hydrogen-bond acceptors (Lipinski definition) is 5. The Morgan fingerprint density at radius 2 is 1.84 bits per heavy atom. The lowest BCUT2D eigenvalue weighted by molar-refractivity contribution is -0.0891. The fourth-order valence-corrected chi connectivity index (χ4v) is 4.49. The third-order valence-electron chi connectivity index (χ3n) is 5.08. The predicted molar refractivity (Wildman–Crippen MR) is 109 cm³/mol. The van der Waals surface area contributed by atoms with E-state index >= 15 is 0 Å². The van der Waals surface area contributed by atoms with Gasteiger partial charge in [0.05, 0.1) is 23.6 Å². The van der Waals surface area contributed by atoms with Crippen molar-refractivity contribution in [3.05, 3.63) is 65.7 Å². The van der Waals surface area contributed by atoms with Gasteiger partial charge in [0.25, 0.3) is 5.91 Å². The number of carbonyl (C=O) groups excluding carboxylic acids is 1. The highest BCUT2D eigenvalue weighted by molar-refractivity contribution is 7.89. The van der Waals surface area contributed by atoms with Gasteiger partial charge in [-0.05, 0) is 61.7 Å². The lowest BCUT2D eigenvalue weighted by Crippen LogP contribution is -2.51. The molecule has 3 N–H and O–H groups in total. The molecule has 1 aliphatic heterocycles. The molecule has 31 heavy (non-hydrogen) atoms. The molecule has 3 rings (SSSR count). The van der Waals surface area contributed by atoms with E-state index in [-0.39, 0.29) is 29.7 Å². The summed E-state index contributed by atoms with van der Waals surface area (Å²) in [5, 5.41) is 12.4. The van der Waals surface area contributed by atoms with Crippen molar-refractivity contribution in [3.63, 3.8) is 0 Å². The molecular weight excluding hydrogens is 430 g/mol. The second kappa shape index (κ2) is 10.3. The second-order valence-electron chi connectivity index (χ2n) is 7.29. The van der Waals surface area contributed by atoms with Crippen LogP contribution in [0.5, 0.6) is 0 Å². The highest BCUT2D eigenvalue weighted by Crippen LogP contribution is 2.22. The first-order valence-electron chi connectivity index (χ1n) is 9.86. The van der Waals surface area contributed by atoms with Crippen LogP contribution in [-0.2, 0) is 14.8 Å². The summed E-state index contributed by atoms with van der Waals surface area (Å²) in [7, 11) is -3.77. The fraction of sp³-hybridized carbons (Fsp3) is 0.381. The summed E-state index contributed by atoms with van der Waals surface area (Å²) in [4.78, 5) is 12.3. The van der Waals surface area contributed by atoms with Gasteiger partial charge in [-0.15, -0.1) is 0 Å². The Hall–Kier alpha value is -2.40. The Labute approximate surface area is 179 Å². The molecule has 7 nitrogen and oxygen atoms in total. The van der Waals surface area contributed by atoms with E-state index in [9.17, 15) is 27.1 Å². The molecule has 3 atom stereocenters. The number of aliphatic hydroxyl groups is 1. The average molecular weight is 454 g/mol. The monoisotopic (exact) mass is 454 g/mol. The summed E-state index contributed by atoms with van der Waals surface area (Å²) in [6.45, 7) is -0.227. The number of rotatable bonds is 8. The third kappa shape index (κ3) is 6.30. The summed E-state index contributed by atoms with van der Waals surface area (Å²) in [5.74, 6) is -1.50. The van der Waals surface area contributed by atoms with Gasteiger partial charge in [-0.25, -0.2) is 21.9 Å². The predicted octanol–water partition coefficient (Wildman–Crippen LogP) is 1.97. The minimum Gasteiger partial charge on any atom is -0.394 e. The molecule has 1 heterocycles. The summed E-state index contributed by atoms with van der Waals surface area (Å²) in [5.41, 5.74) is 0.175. The number of halogens is 2. The van der Waals surface area contributed by atoms with E-state index < -0.39 is 39.7 Å². The van der Waals surface area contributed by atoms with Crippen molar-refractivity contribution in [2.45, 2.75) is 42.4 Å². The minimum atomic E-state index is -3.77. The van der Waals surface area contributed by atoms with Crippen LogP contribution in [0.25, 0.3) is 0 Å². The first kappa shape index (κ1) is 23.3. The van der Waals surface area contributed by atoms with Gasteiger partial charge in [-0.3, -0.25) is 4.79 Å². The summed E-state index contributed by atoms with van der Waals surface area (Å²) in [6, 6.07) is 9.36. The van der Waals surface area contributed by atoms with E-state index in [4.69, 9.17) is 4.74 Å². The quantitative estimate of drug-likeness (QED) is 0.566. The van der Waals surface area contributed by atoms with Crippen molar-refractivity contribution in [1.29, 1.82) is 0 Å². The van der Waals surface area contributed by atoms with Crippen LogP contribution >= 0.6 is 0 Å². The van der Waals surface area contributed by atoms with Crippen molar-refractivity contribution in [3.8, 4) is 0 Å². The Morgan fingerprint density at radius 3 is 2.52 bits per heavy atom. The standard InChI is InChI=1S/C21H24F2N2O5S/c22-15-4-7-18(8-5-15)31(28,29)24-11-10-17-6-9-19(20(13-26)30-17)25-21(27)14-2-1-3-16(23)12-14/h1-5,7-8,12,17,19-20,24,26H,6,9-11,13H2,(H,25,27)/t17-,19+,20+/m1/s1. The number of benzene rings is 2. The van der Waals surface area contributed by atoms with Gasteiger partial charge in [0.1, 0.15) is 17.7 Å². The summed E-state index contributed by atoms with van der Waals surface area (Å²) in [6.07, 6.45) is 0.451. The van der Waals surface area contributed by atoms with Crippen LogP contribution in [0, 0.1) is 11.6 Å². The topological polar surface area (TPSA) is 105 Å². The molecule has 168 valence electrons. The van der Waals surface area contributed by atoms with E-state index in [0.29, 0.717) is 19.3 Å². The SMILES string of the molecule is O=C(N[C@H]1CC[C@H](CCNS(=O)(=O)c2ccc(F)cc2)O[C@H]1CO)c1cccc(F)c1. The minimum absolute atomic E-state index is 0.0353. The number of ether oxygens (including phenoxy) is 1. The number of aliphatic hydroxyl groups excluding tert-OH is 1. The van der Waals surface area contributed by atoms with E-state index in [1.54, 1.807) is 0 Å². The Bertz CT molecular complexity index is 1000. The first-order valence-corrected chi connectivity index (χ1v) is 11.3.